The molecule has 3 rings (SSSR count). The van der Waals surface area contributed by atoms with Gasteiger partial charge >= 0.3 is 0 Å². The van der Waals surface area contributed by atoms with Crippen LogP contribution in [0.4, 0.5) is 0 Å². The highest BCUT2D eigenvalue weighted by Crippen LogP contribution is 2.46. The molecule has 2 nitrogen and oxygen atoms in total. The molecule has 2 atom stereocenters. The van der Waals surface area contributed by atoms with Gasteiger partial charge in [0, 0.05) is 24.7 Å². The zero-order valence-corrected chi connectivity index (χ0v) is 13.3. The smallest absolute Gasteiger partial charge is 0.0535 e. The van der Waals surface area contributed by atoms with Crippen LogP contribution in [0.5, 0.6) is 0 Å². The molecule has 1 aromatic rings. The second kappa shape index (κ2) is 4.85. The maximum atomic E-state index is 3.87. The van der Waals surface area contributed by atoms with Crippen LogP contribution in [0.2, 0.25) is 0 Å². The average Bonchev–Trinajstić information content (AvgIpc) is 3.27. The zero-order chi connectivity index (χ0) is 14.4. The number of rotatable bonds is 3. The Labute approximate surface area is 123 Å². The number of nitrogens with zero attached hydrogens (tertiary/aromatic N) is 1. The van der Waals surface area contributed by atoms with Gasteiger partial charge in [-0.05, 0) is 52.0 Å². The summed E-state index contributed by atoms with van der Waals surface area (Å²) in [7, 11) is 0. The zero-order valence-electron chi connectivity index (χ0n) is 13.3. The highest BCUT2D eigenvalue weighted by atomic mass is 15.3. The Kier molecular flexibility index (Phi) is 3.42. The summed E-state index contributed by atoms with van der Waals surface area (Å²) in [5.74, 6) is 0.887. The summed E-state index contributed by atoms with van der Waals surface area (Å²) in [5.41, 5.74) is 1.81. The summed E-state index contributed by atoms with van der Waals surface area (Å²) in [6.07, 6.45) is 2.81. The first kappa shape index (κ1) is 14.1. The highest BCUT2D eigenvalue weighted by molar-refractivity contribution is 5.26. The fraction of sp³-hybridized carbons (Fsp3) is 0.667. The third-order valence-electron chi connectivity index (χ3n) is 5.47. The van der Waals surface area contributed by atoms with Crippen molar-refractivity contribution in [2.45, 2.75) is 57.7 Å². The SMILES string of the molecule is CC(C)N1CC(C)(c2ccccc2)NCC1(C)C1CC1. The molecule has 1 heterocycles. The lowest BCUT2D eigenvalue weighted by molar-refractivity contribution is -0.0178. The molecular weight excluding hydrogens is 244 g/mol. The van der Waals surface area contributed by atoms with Gasteiger partial charge in [0.2, 0.25) is 0 Å². The van der Waals surface area contributed by atoms with Crippen LogP contribution in [0, 0.1) is 5.92 Å². The number of hydrogen-bond acceptors (Lipinski definition) is 2. The minimum Gasteiger partial charge on any atom is -0.305 e. The van der Waals surface area contributed by atoms with Crippen molar-refractivity contribution < 1.29 is 0 Å². The van der Waals surface area contributed by atoms with Gasteiger partial charge in [-0.15, -0.1) is 0 Å². The second-order valence-corrected chi connectivity index (χ2v) is 7.40. The molecule has 1 aliphatic carbocycles. The number of benzene rings is 1. The Morgan fingerprint density at radius 2 is 1.80 bits per heavy atom. The molecule has 2 aliphatic rings. The average molecular weight is 272 g/mol. The fourth-order valence-electron chi connectivity index (χ4n) is 3.91. The van der Waals surface area contributed by atoms with E-state index >= 15 is 0 Å². The molecule has 2 unspecified atom stereocenters. The predicted molar refractivity (Wildman–Crippen MR) is 84.8 cm³/mol. The van der Waals surface area contributed by atoms with Gasteiger partial charge in [-0.3, -0.25) is 4.90 Å². The van der Waals surface area contributed by atoms with E-state index in [1.165, 1.54) is 18.4 Å². The van der Waals surface area contributed by atoms with Crippen LogP contribution in [0.3, 0.4) is 0 Å². The Hall–Kier alpha value is -0.860. The van der Waals surface area contributed by atoms with Gasteiger partial charge in [0.1, 0.15) is 0 Å². The summed E-state index contributed by atoms with van der Waals surface area (Å²) in [6, 6.07) is 11.5. The standard InChI is InChI=1S/C18H28N2/c1-14(2)20-13-17(3,15-8-6-5-7-9-15)19-12-18(20,4)16-10-11-16/h5-9,14,16,19H,10-13H2,1-4H3. The van der Waals surface area contributed by atoms with E-state index in [0.717, 1.165) is 19.0 Å². The van der Waals surface area contributed by atoms with E-state index in [4.69, 9.17) is 0 Å². The van der Waals surface area contributed by atoms with Crippen molar-refractivity contribution in [2.75, 3.05) is 13.1 Å². The molecular formula is C18H28N2. The van der Waals surface area contributed by atoms with E-state index in [9.17, 15) is 0 Å². The molecule has 1 saturated heterocycles. The van der Waals surface area contributed by atoms with Crippen LogP contribution in [-0.2, 0) is 5.54 Å². The van der Waals surface area contributed by atoms with E-state index in [1.54, 1.807) is 0 Å². The van der Waals surface area contributed by atoms with Crippen molar-refractivity contribution in [2.24, 2.45) is 5.92 Å². The molecule has 0 radical (unpaired) electrons. The molecule has 2 fully saturated rings. The minimum atomic E-state index is 0.0694. The van der Waals surface area contributed by atoms with Gasteiger partial charge < -0.3 is 5.32 Å². The molecule has 0 spiro atoms. The maximum absolute atomic E-state index is 3.87. The molecule has 2 heteroatoms. The molecule has 110 valence electrons. The molecule has 1 aliphatic heterocycles. The van der Waals surface area contributed by atoms with Gasteiger partial charge in [-0.25, -0.2) is 0 Å². The number of nitrogens with one attached hydrogen (secondary N) is 1. The van der Waals surface area contributed by atoms with Gasteiger partial charge in [-0.2, -0.15) is 0 Å². The highest BCUT2D eigenvalue weighted by Gasteiger charge is 2.51. The largest absolute Gasteiger partial charge is 0.305 e. The van der Waals surface area contributed by atoms with Crippen molar-refractivity contribution in [1.82, 2.24) is 10.2 Å². The second-order valence-electron chi connectivity index (χ2n) is 7.40. The van der Waals surface area contributed by atoms with Gasteiger partial charge in [0.25, 0.3) is 0 Å². The molecule has 1 aromatic carbocycles. The van der Waals surface area contributed by atoms with Crippen LogP contribution in [0.25, 0.3) is 0 Å². The van der Waals surface area contributed by atoms with E-state index in [-0.39, 0.29) is 5.54 Å². The molecule has 0 aromatic heterocycles. The van der Waals surface area contributed by atoms with E-state index in [0.29, 0.717) is 11.6 Å². The van der Waals surface area contributed by atoms with Crippen molar-refractivity contribution in [3.05, 3.63) is 35.9 Å². The monoisotopic (exact) mass is 272 g/mol. The lowest BCUT2D eigenvalue weighted by atomic mass is 9.81. The van der Waals surface area contributed by atoms with Crippen molar-refractivity contribution >= 4 is 0 Å². The summed E-state index contributed by atoms with van der Waals surface area (Å²) < 4.78 is 0. The Bertz CT molecular complexity index is 466. The van der Waals surface area contributed by atoms with Gasteiger partial charge in [0.15, 0.2) is 0 Å². The van der Waals surface area contributed by atoms with Crippen molar-refractivity contribution in [3.63, 3.8) is 0 Å². The first-order chi connectivity index (χ1) is 9.46. The molecule has 0 bridgehead atoms. The van der Waals surface area contributed by atoms with Crippen LogP contribution in [0.15, 0.2) is 30.3 Å². The van der Waals surface area contributed by atoms with Crippen LogP contribution in [-0.4, -0.2) is 29.6 Å². The number of hydrogen-bond donors (Lipinski definition) is 1. The third-order valence-corrected chi connectivity index (χ3v) is 5.47. The summed E-state index contributed by atoms with van der Waals surface area (Å²) in [5, 5.41) is 3.87. The van der Waals surface area contributed by atoms with E-state index < -0.39 is 0 Å². The fourth-order valence-corrected chi connectivity index (χ4v) is 3.91. The van der Waals surface area contributed by atoms with Crippen molar-refractivity contribution in [3.8, 4) is 0 Å². The maximum Gasteiger partial charge on any atom is 0.0535 e. The van der Waals surface area contributed by atoms with E-state index in [1.807, 2.05) is 0 Å². The van der Waals surface area contributed by atoms with E-state index in [2.05, 4.69) is 68.2 Å². The Morgan fingerprint density at radius 1 is 1.15 bits per heavy atom. The quantitative estimate of drug-likeness (QED) is 0.907. The molecule has 1 saturated carbocycles. The summed E-state index contributed by atoms with van der Waals surface area (Å²) in [4.78, 5) is 2.74. The minimum absolute atomic E-state index is 0.0694. The summed E-state index contributed by atoms with van der Waals surface area (Å²) in [6.45, 7) is 11.7. The normalized spacial score (nSPS) is 35.5. The molecule has 1 N–H and O–H groups in total. The van der Waals surface area contributed by atoms with Crippen molar-refractivity contribution in [1.29, 1.82) is 0 Å². The Balaban J connectivity index is 1.88. The lowest BCUT2D eigenvalue weighted by Gasteiger charge is -2.54. The first-order valence-corrected chi connectivity index (χ1v) is 8.03. The number of piperazine rings is 1. The van der Waals surface area contributed by atoms with Crippen LogP contribution >= 0.6 is 0 Å². The van der Waals surface area contributed by atoms with Crippen LogP contribution in [0.1, 0.15) is 46.1 Å². The Morgan fingerprint density at radius 3 is 2.35 bits per heavy atom. The molecule has 0 amide bonds. The predicted octanol–water partition coefficient (Wildman–Crippen LogP) is 3.38. The van der Waals surface area contributed by atoms with Gasteiger partial charge in [0.05, 0.1) is 5.54 Å². The first-order valence-electron chi connectivity index (χ1n) is 8.03. The summed E-state index contributed by atoms with van der Waals surface area (Å²) >= 11 is 0. The topological polar surface area (TPSA) is 15.3 Å². The third kappa shape index (κ3) is 2.29. The van der Waals surface area contributed by atoms with Gasteiger partial charge in [-0.1, -0.05) is 30.3 Å². The molecule has 20 heavy (non-hydrogen) atoms. The van der Waals surface area contributed by atoms with Crippen LogP contribution < -0.4 is 5.32 Å². The lowest BCUT2D eigenvalue weighted by Crippen LogP contribution is -2.69.